The van der Waals surface area contributed by atoms with Gasteiger partial charge in [-0.15, -0.1) is 0 Å². The molecule has 4 heterocycles. The molecule has 0 unspecified atom stereocenters. The van der Waals surface area contributed by atoms with Crippen molar-refractivity contribution in [2.45, 2.75) is 74.1 Å². The highest BCUT2D eigenvalue weighted by Crippen LogP contribution is 2.29. The fourth-order valence-corrected chi connectivity index (χ4v) is 7.11. The highest BCUT2D eigenvalue weighted by Gasteiger charge is 2.22. The monoisotopic (exact) mass is 806 g/mol. The second kappa shape index (κ2) is 17.0. The van der Waals surface area contributed by atoms with Crippen molar-refractivity contribution in [3.05, 3.63) is 98.7 Å². The Bertz CT molecular complexity index is 2840. The molecular weight excluding hydrogens is 757 g/mol. The topological polar surface area (TPSA) is 230 Å². The number of amides is 4. The van der Waals surface area contributed by atoms with E-state index in [1.807, 2.05) is 43.8 Å². The molecule has 0 aliphatic carbocycles. The molecule has 0 fully saturated rings. The third-order valence-corrected chi connectivity index (χ3v) is 10.3. The predicted octanol–water partition coefficient (Wildman–Crippen LogP) is 2.80. The van der Waals surface area contributed by atoms with Crippen molar-refractivity contribution in [1.29, 1.82) is 0 Å². The first-order chi connectivity index (χ1) is 28.1. The van der Waals surface area contributed by atoms with Crippen LogP contribution in [0, 0.1) is 13.8 Å². The summed E-state index contributed by atoms with van der Waals surface area (Å²) in [6, 6.07) is 11.6. The molecule has 0 spiro atoms. The summed E-state index contributed by atoms with van der Waals surface area (Å²) in [5.41, 5.74) is 18.7. The normalized spacial score (nSPS) is 12.8. The van der Waals surface area contributed by atoms with Gasteiger partial charge >= 0.3 is 0 Å². The van der Waals surface area contributed by atoms with E-state index in [4.69, 9.17) is 16.2 Å². The maximum Gasteiger partial charge on any atom is 0.298 e. The molecule has 4 amide bonds. The Labute approximate surface area is 339 Å². The van der Waals surface area contributed by atoms with Gasteiger partial charge in [-0.1, -0.05) is 11.1 Å². The molecule has 59 heavy (non-hydrogen) atoms. The number of allylic oxidation sites excluding steroid dienone is 2. The molecule has 4 aromatic heterocycles. The fraction of sp³-hybridized carbons (Fsp3) is 0.366. The van der Waals surface area contributed by atoms with E-state index in [2.05, 4.69) is 20.2 Å². The molecule has 18 heteroatoms. The van der Waals surface area contributed by atoms with Gasteiger partial charge in [-0.25, -0.2) is 0 Å². The van der Waals surface area contributed by atoms with Crippen molar-refractivity contribution in [1.82, 2.24) is 37.8 Å². The Balaban J connectivity index is 1.55. The summed E-state index contributed by atoms with van der Waals surface area (Å²) < 4.78 is 16.6. The summed E-state index contributed by atoms with van der Waals surface area (Å²) in [6.07, 6.45) is 0.336. The van der Waals surface area contributed by atoms with Gasteiger partial charge in [0.2, 0.25) is 23.1 Å². The van der Waals surface area contributed by atoms with Gasteiger partial charge in [-0.05, 0) is 84.0 Å². The lowest BCUT2D eigenvalue weighted by Crippen LogP contribution is -2.28. The number of carbonyl (C=O) groups excluding carboxylic acids is 4. The molecule has 5 N–H and O–H groups in total. The number of hydrogen-bond acceptors (Lipinski definition) is 8. The van der Waals surface area contributed by atoms with E-state index in [0.717, 1.165) is 11.1 Å². The maximum absolute atomic E-state index is 13.9. The van der Waals surface area contributed by atoms with Crippen LogP contribution in [0.4, 0.5) is 0 Å². The summed E-state index contributed by atoms with van der Waals surface area (Å²) in [7, 11) is 3.51. The van der Waals surface area contributed by atoms with Gasteiger partial charge in [-0.3, -0.25) is 28.5 Å². The fourth-order valence-electron chi connectivity index (χ4n) is 7.11. The van der Waals surface area contributed by atoms with E-state index in [-0.39, 0.29) is 37.5 Å². The lowest BCUT2D eigenvalue weighted by Gasteiger charge is -2.14. The molecule has 18 nitrogen and oxygen atoms in total. The van der Waals surface area contributed by atoms with Crippen LogP contribution in [-0.4, -0.2) is 79.8 Å². The SMILES string of the molecule is CCn1nc(C)cc1C(=O)N=c1n(C)c2cc(C(N)=O)ccc2n1C/C(C)=C(\C)Cn1c(=NC(=O)c2cc(C)nn2CC)n(C)c2cc(C(N)=O)cc(OCCCO)c21. The molecule has 6 aromatic rings. The molecule has 0 bridgehead atoms. The Morgan fingerprint density at radius 1 is 0.712 bits per heavy atom. The van der Waals surface area contributed by atoms with Crippen molar-refractivity contribution >= 4 is 45.7 Å². The number of benzene rings is 2. The first-order valence-corrected chi connectivity index (χ1v) is 19.3. The lowest BCUT2D eigenvalue weighted by molar-refractivity contribution is 0.0977. The second-order valence-electron chi connectivity index (χ2n) is 14.5. The Hall–Kier alpha value is -6.82. The van der Waals surface area contributed by atoms with E-state index in [1.54, 1.807) is 82.0 Å². The van der Waals surface area contributed by atoms with E-state index < -0.39 is 23.6 Å². The molecule has 6 rings (SSSR count). The molecule has 0 aliphatic heterocycles. The summed E-state index contributed by atoms with van der Waals surface area (Å²) in [5.74, 6) is -1.93. The number of nitrogens with zero attached hydrogens (tertiary/aromatic N) is 10. The van der Waals surface area contributed by atoms with E-state index >= 15 is 0 Å². The zero-order valence-corrected chi connectivity index (χ0v) is 34.6. The molecular formula is C41H50N12O6. The Kier molecular flexibility index (Phi) is 12.0. The molecule has 0 saturated carbocycles. The van der Waals surface area contributed by atoms with Crippen molar-refractivity contribution in [3.8, 4) is 5.75 Å². The van der Waals surface area contributed by atoms with Gasteiger partial charge in [0, 0.05) is 64.4 Å². The standard InChI is InChI=1S/C41H50N12O6/c1-9-52-32(16-25(5)46-52)38(57)44-40-48(7)30-18-27(36(42)55)12-13-29(30)50(40)21-23(3)24(4)22-51-35-31(19-28(37(43)56)20-34(35)59-15-11-14-54)49(8)41(51)45-39(58)33-17-26(6)47-53(33)10-2/h12-13,16-20,54H,9-11,14-15,21-22H2,1-8H3,(H2,42,55)(H2,43,56)/b24-23+,44-40?,45-41?. The largest absolute Gasteiger partial charge is 0.491 e. The van der Waals surface area contributed by atoms with Crippen molar-refractivity contribution in [2.24, 2.45) is 35.5 Å². The zero-order chi connectivity index (χ0) is 42.9. The third kappa shape index (κ3) is 8.16. The van der Waals surface area contributed by atoms with Crippen LogP contribution < -0.4 is 27.4 Å². The van der Waals surface area contributed by atoms with Crippen LogP contribution in [-0.2, 0) is 40.3 Å². The van der Waals surface area contributed by atoms with Crippen LogP contribution in [0.1, 0.15) is 87.2 Å². The summed E-state index contributed by atoms with van der Waals surface area (Å²) in [4.78, 5) is 61.7. The number of aryl methyl sites for hydroxylation is 6. The molecule has 0 saturated heterocycles. The van der Waals surface area contributed by atoms with Crippen LogP contribution in [0.3, 0.4) is 0 Å². The number of nitrogens with two attached hydrogens (primary N) is 2. The number of aromatic nitrogens is 8. The highest BCUT2D eigenvalue weighted by atomic mass is 16.5. The van der Waals surface area contributed by atoms with Crippen LogP contribution in [0.15, 0.2) is 63.6 Å². The molecule has 0 atom stereocenters. The quantitative estimate of drug-likeness (QED) is 0.109. The van der Waals surface area contributed by atoms with Gasteiger partial charge < -0.3 is 39.6 Å². The molecule has 310 valence electrons. The van der Waals surface area contributed by atoms with Crippen molar-refractivity contribution < 1.29 is 29.0 Å². The summed E-state index contributed by atoms with van der Waals surface area (Å²) in [5, 5.41) is 18.4. The van der Waals surface area contributed by atoms with Gasteiger partial charge in [0.1, 0.15) is 22.7 Å². The predicted molar refractivity (Wildman–Crippen MR) is 219 cm³/mol. The maximum atomic E-state index is 13.9. The summed E-state index contributed by atoms with van der Waals surface area (Å²) >= 11 is 0. The molecule has 0 aliphatic rings. The number of aliphatic hydroxyl groups is 1. The van der Waals surface area contributed by atoms with Gasteiger partial charge in [0.25, 0.3) is 11.8 Å². The Morgan fingerprint density at radius 3 is 1.75 bits per heavy atom. The highest BCUT2D eigenvalue weighted by molar-refractivity contribution is 5.99. The van der Waals surface area contributed by atoms with Gasteiger partial charge in [0.05, 0.1) is 34.5 Å². The lowest BCUT2D eigenvalue weighted by atomic mass is 10.1. The number of rotatable bonds is 14. The molecule has 2 aromatic carbocycles. The number of fused-ring (bicyclic) bond motifs is 2. The molecule has 0 radical (unpaired) electrons. The number of primary amides is 2. The first-order valence-electron chi connectivity index (χ1n) is 19.3. The van der Waals surface area contributed by atoms with Crippen LogP contribution in [0.5, 0.6) is 5.75 Å². The van der Waals surface area contributed by atoms with Crippen molar-refractivity contribution in [3.63, 3.8) is 0 Å². The number of imidazole rings is 2. The van der Waals surface area contributed by atoms with E-state index in [0.29, 0.717) is 81.3 Å². The number of aliphatic hydroxyl groups excluding tert-OH is 1. The van der Waals surface area contributed by atoms with E-state index in [1.165, 1.54) is 0 Å². The number of hydrogen-bond donors (Lipinski definition) is 3. The van der Waals surface area contributed by atoms with Gasteiger partial charge in [0.15, 0.2) is 0 Å². The average molecular weight is 807 g/mol. The minimum atomic E-state index is -0.667. The van der Waals surface area contributed by atoms with Crippen LogP contribution in [0.2, 0.25) is 0 Å². The van der Waals surface area contributed by atoms with E-state index in [9.17, 15) is 24.3 Å². The first kappa shape index (κ1) is 41.8. The van der Waals surface area contributed by atoms with Crippen LogP contribution in [0.25, 0.3) is 22.1 Å². The number of carbonyl (C=O) groups is 4. The summed E-state index contributed by atoms with van der Waals surface area (Å²) in [6.45, 7) is 12.8. The number of ether oxygens (including phenoxy) is 1. The smallest absolute Gasteiger partial charge is 0.298 e. The minimum absolute atomic E-state index is 0.106. The zero-order valence-electron chi connectivity index (χ0n) is 34.6. The minimum Gasteiger partial charge on any atom is -0.491 e. The van der Waals surface area contributed by atoms with Crippen molar-refractivity contribution in [2.75, 3.05) is 13.2 Å². The Morgan fingerprint density at radius 2 is 1.22 bits per heavy atom. The van der Waals surface area contributed by atoms with Gasteiger partial charge in [-0.2, -0.15) is 20.2 Å². The van der Waals surface area contributed by atoms with Crippen LogP contribution >= 0.6 is 0 Å². The third-order valence-electron chi connectivity index (χ3n) is 10.3. The second-order valence-corrected chi connectivity index (χ2v) is 14.5. The average Bonchev–Trinajstić information content (AvgIpc) is 3.93.